The first-order valence-corrected chi connectivity index (χ1v) is 7.72. The number of likely N-dealkylation sites (tertiary alicyclic amines) is 1. The minimum absolute atomic E-state index is 0.0723. The van der Waals surface area contributed by atoms with E-state index in [0.29, 0.717) is 19.0 Å². The molecule has 1 saturated carbocycles. The molecular weight excluding hydrogens is 275 g/mol. The molecule has 0 unspecified atom stereocenters. The average Bonchev–Trinajstić information content (AvgIpc) is 2.98. The van der Waals surface area contributed by atoms with E-state index in [1.807, 2.05) is 0 Å². The van der Waals surface area contributed by atoms with Gasteiger partial charge in [-0.25, -0.2) is 4.39 Å². The third-order valence-electron chi connectivity index (χ3n) is 4.77. The number of alkyl halides is 1. The zero-order valence-corrected chi connectivity index (χ0v) is 12.0. The summed E-state index contributed by atoms with van der Waals surface area (Å²) in [6, 6.07) is 0.142. The van der Waals surface area contributed by atoms with Crippen molar-refractivity contribution < 1.29 is 9.31 Å². The Hall–Kier alpha value is -1.50. The second-order valence-electron chi connectivity index (χ2n) is 6.09. The maximum Gasteiger partial charge on any atom is 0.307 e. The van der Waals surface area contributed by atoms with Gasteiger partial charge >= 0.3 is 5.69 Å². The number of hydrogen-bond donors (Lipinski definition) is 0. The van der Waals surface area contributed by atoms with Gasteiger partial charge in [0.25, 0.3) is 0 Å². The normalized spacial score (nSPS) is 28.6. The van der Waals surface area contributed by atoms with Crippen LogP contribution in [0, 0.1) is 10.1 Å². The van der Waals surface area contributed by atoms with Crippen LogP contribution in [0.25, 0.3) is 0 Å². The summed E-state index contributed by atoms with van der Waals surface area (Å²) in [6.45, 7) is 1.27. The van der Waals surface area contributed by atoms with E-state index in [-0.39, 0.29) is 11.7 Å². The van der Waals surface area contributed by atoms with Gasteiger partial charge in [-0.2, -0.15) is 5.10 Å². The van der Waals surface area contributed by atoms with Gasteiger partial charge in [-0.05, 0) is 19.3 Å². The van der Waals surface area contributed by atoms with E-state index < -0.39 is 11.1 Å². The molecule has 7 heteroatoms. The molecule has 2 aliphatic rings. The van der Waals surface area contributed by atoms with Gasteiger partial charge in [-0.1, -0.05) is 19.3 Å². The monoisotopic (exact) mass is 296 g/mol. The Balaban J connectivity index is 1.63. The van der Waals surface area contributed by atoms with Crippen molar-refractivity contribution in [3.63, 3.8) is 0 Å². The topological polar surface area (TPSA) is 64.2 Å². The zero-order valence-electron chi connectivity index (χ0n) is 12.0. The third kappa shape index (κ3) is 3.07. The molecule has 0 N–H and O–H groups in total. The fourth-order valence-electron chi connectivity index (χ4n) is 3.60. The maximum atomic E-state index is 14.5. The molecule has 2 heterocycles. The molecule has 21 heavy (non-hydrogen) atoms. The van der Waals surface area contributed by atoms with Crippen molar-refractivity contribution in [2.45, 2.75) is 56.8 Å². The standard InChI is InChI=1S/C14H21FN4O2/c15-13-10-17(11-4-2-1-3-5-11)7-6-14(13)18-9-12(8-16-18)19(20)21/h8-9,11,13-14H,1-7,10H2/t13-,14-/m1/s1. The molecule has 1 aromatic heterocycles. The van der Waals surface area contributed by atoms with Gasteiger partial charge in [0.2, 0.25) is 0 Å². The molecule has 2 fully saturated rings. The number of halogens is 1. The van der Waals surface area contributed by atoms with E-state index in [2.05, 4.69) is 10.00 Å². The number of rotatable bonds is 3. The van der Waals surface area contributed by atoms with Crippen molar-refractivity contribution in [1.29, 1.82) is 0 Å². The summed E-state index contributed by atoms with van der Waals surface area (Å²) in [5.41, 5.74) is -0.0723. The predicted molar refractivity (Wildman–Crippen MR) is 75.9 cm³/mol. The SMILES string of the molecule is O=[N+]([O-])c1cnn([C@@H]2CCN(C3CCCCC3)C[C@H]2F)c1. The quantitative estimate of drug-likeness (QED) is 0.635. The lowest BCUT2D eigenvalue weighted by atomic mass is 9.91. The third-order valence-corrected chi connectivity index (χ3v) is 4.77. The Morgan fingerprint density at radius 2 is 2.05 bits per heavy atom. The fourth-order valence-corrected chi connectivity index (χ4v) is 3.60. The number of nitrogens with zero attached hydrogens (tertiary/aromatic N) is 4. The Labute approximate surface area is 123 Å². The van der Waals surface area contributed by atoms with E-state index in [9.17, 15) is 14.5 Å². The first-order chi connectivity index (χ1) is 10.1. The lowest BCUT2D eigenvalue weighted by molar-refractivity contribution is -0.385. The second kappa shape index (κ2) is 6.09. The van der Waals surface area contributed by atoms with Crippen molar-refractivity contribution in [2.75, 3.05) is 13.1 Å². The lowest BCUT2D eigenvalue weighted by Gasteiger charge is -2.40. The molecule has 1 aliphatic carbocycles. The first kappa shape index (κ1) is 14.4. The van der Waals surface area contributed by atoms with Crippen molar-refractivity contribution >= 4 is 5.69 Å². The van der Waals surface area contributed by atoms with Crippen LogP contribution in [0.4, 0.5) is 10.1 Å². The van der Waals surface area contributed by atoms with E-state index in [1.54, 1.807) is 0 Å². The van der Waals surface area contributed by atoms with Crippen LogP contribution in [0.5, 0.6) is 0 Å². The highest BCUT2D eigenvalue weighted by Crippen LogP contribution is 2.31. The summed E-state index contributed by atoms with van der Waals surface area (Å²) in [5.74, 6) is 0. The van der Waals surface area contributed by atoms with Crippen molar-refractivity contribution in [1.82, 2.24) is 14.7 Å². The van der Waals surface area contributed by atoms with E-state index >= 15 is 0 Å². The van der Waals surface area contributed by atoms with Gasteiger partial charge in [0.05, 0.1) is 11.0 Å². The minimum Gasteiger partial charge on any atom is -0.297 e. The number of nitro groups is 1. The predicted octanol–water partition coefficient (Wildman–Crippen LogP) is 2.71. The number of aromatic nitrogens is 2. The van der Waals surface area contributed by atoms with Gasteiger partial charge in [0, 0.05) is 19.1 Å². The highest BCUT2D eigenvalue weighted by molar-refractivity contribution is 5.21. The van der Waals surface area contributed by atoms with Crippen LogP contribution in [-0.2, 0) is 0 Å². The summed E-state index contributed by atoms with van der Waals surface area (Å²) >= 11 is 0. The van der Waals surface area contributed by atoms with Gasteiger partial charge in [-0.15, -0.1) is 0 Å². The van der Waals surface area contributed by atoms with Gasteiger partial charge in [0.1, 0.15) is 18.6 Å². The molecule has 1 aliphatic heterocycles. The summed E-state index contributed by atoms with van der Waals surface area (Å²) < 4.78 is 15.9. The van der Waals surface area contributed by atoms with Gasteiger partial charge in [-0.3, -0.25) is 19.7 Å². The Kier molecular flexibility index (Phi) is 4.19. The van der Waals surface area contributed by atoms with Crippen LogP contribution < -0.4 is 0 Å². The van der Waals surface area contributed by atoms with Crippen LogP contribution in [0.1, 0.15) is 44.6 Å². The molecule has 1 aromatic rings. The van der Waals surface area contributed by atoms with Crippen LogP contribution >= 0.6 is 0 Å². The average molecular weight is 296 g/mol. The highest BCUT2D eigenvalue weighted by Gasteiger charge is 2.34. The van der Waals surface area contributed by atoms with Gasteiger partial charge in [0.15, 0.2) is 0 Å². The van der Waals surface area contributed by atoms with Crippen LogP contribution in [0.2, 0.25) is 0 Å². The highest BCUT2D eigenvalue weighted by atomic mass is 19.1. The molecule has 2 atom stereocenters. The molecule has 0 amide bonds. The van der Waals surface area contributed by atoms with Crippen molar-refractivity contribution in [3.8, 4) is 0 Å². The van der Waals surface area contributed by atoms with Crippen LogP contribution in [0.15, 0.2) is 12.4 Å². The van der Waals surface area contributed by atoms with E-state index in [1.165, 1.54) is 49.2 Å². The largest absolute Gasteiger partial charge is 0.307 e. The smallest absolute Gasteiger partial charge is 0.297 e. The number of hydrogen-bond acceptors (Lipinski definition) is 4. The minimum atomic E-state index is -1.01. The molecule has 3 rings (SSSR count). The summed E-state index contributed by atoms with van der Waals surface area (Å²) in [7, 11) is 0. The van der Waals surface area contributed by atoms with E-state index in [4.69, 9.17) is 0 Å². The zero-order chi connectivity index (χ0) is 14.8. The Bertz CT molecular complexity index is 501. The fraction of sp³-hybridized carbons (Fsp3) is 0.786. The molecule has 0 bridgehead atoms. The Morgan fingerprint density at radius 1 is 1.29 bits per heavy atom. The van der Waals surface area contributed by atoms with Crippen LogP contribution in [0.3, 0.4) is 0 Å². The first-order valence-electron chi connectivity index (χ1n) is 7.72. The van der Waals surface area contributed by atoms with Crippen molar-refractivity contribution in [3.05, 3.63) is 22.5 Å². The van der Waals surface area contributed by atoms with Crippen molar-refractivity contribution in [2.24, 2.45) is 0 Å². The molecule has 0 aromatic carbocycles. The summed E-state index contributed by atoms with van der Waals surface area (Å²) in [6.07, 6.45) is 8.31. The molecular formula is C14H21FN4O2. The maximum absolute atomic E-state index is 14.5. The molecule has 0 radical (unpaired) electrons. The number of piperidine rings is 1. The molecule has 1 saturated heterocycles. The summed E-state index contributed by atoms with van der Waals surface area (Å²) in [5, 5.41) is 14.7. The van der Waals surface area contributed by atoms with Crippen LogP contribution in [-0.4, -0.2) is 44.9 Å². The second-order valence-corrected chi connectivity index (χ2v) is 6.09. The Morgan fingerprint density at radius 3 is 2.67 bits per heavy atom. The molecule has 116 valence electrons. The van der Waals surface area contributed by atoms with E-state index in [0.717, 1.165) is 6.54 Å². The summed E-state index contributed by atoms with van der Waals surface area (Å²) in [4.78, 5) is 12.5. The lowest BCUT2D eigenvalue weighted by Crippen LogP contribution is -2.48. The van der Waals surface area contributed by atoms with Gasteiger partial charge < -0.3 is 0 Å². The molecule has 6 nitrogen and oxygen atoms in total. The molecule has 0 spiro atoms.